The molecule has 0 aliphatic heterocycles. The topological polar surface area (TPSA) is 188 Å². The molecule has 4 atom stereocenters. The Hall–Kier alpha value is -2.69. The molecule has 0 fully saturated rings. The van der Waals surface area contributed by atoms with Gasteiger partial charge in [-0.3, -0.25) is 19.2 Å². The Morgan fingerprint density at radius 2 is 1.34 bits per heavy atom. The second-order valence-corrected chi connectivity index (χ2v) is 7.56. The van der Waals surface area contributed by atoms with Crippen LogP contribution in [0.25, 0.3) is 0 Å². The summed E-state index contributed by atoms with van der Waals surface area (Å²) in [6.07, 6.45) is -0.732. The summed E-state index contributed by atoms with van der Waals surface area (Å²) in [6, 6.07) is -4.24. The van der Waals surface area contributed by atoms with E-state index >= 15 is 0 Å². The van der Waals surface area contributed by atoms with Crippen LogP contribution in [-0.4, -0.2) is 64.0 Å². The number of hydrogen-bond donors (Lipinski definition) is 6. The van der Waals surface area contributed by atoms with Crippen molar-refractivity contribution in [3.8, 4) is 0 Å². The summed E-state index contributed by atoms with van der Waals surface area (Å²) in [4.78, 5) is 58.8. The molecule has 29 heavy (non-hydrogen) atoms. The highest BCUT2D eigenvalue weighted by Crippen LogP contribution is 2.06. The van der Waals surface area contributed by atoms with Gasteiger partial charge in [-0.1, -0.05) is 27.7 Å². The van der Waals surface area contributed by atoms with Gasteiger partial charge < -0.3 is 31.9 Å². The largest absolute Gasteiger partial charge is 0.481 e. The van der Waals surface area contributed by atoms with Crippen molar-refractivity contribution in [2.75, 3.05) is 0 Å². The zero-order chi connectivity index (χ0) is 22.9. The molecule has 0 aliphatic carbocycles. The van der Waals surface area contributed by atoms with E-state index in [1.165, 1.54) is 6.92 Å². The van der Waals surface area contributed by atoms with Crippen molar-refractivity contribution < 1.29 is 34.2 Å². The Labute approximate surface area is 169 Å². The molecule has 0 aromatic carbocycles. The molecule has 166 valence electrons. The highest BCUT2D eigenvalue weighted by molar-refractivity contribution is 5.94. The van der Waals surface area contributed by atoms with Crippen LogP contribution in [0.15, 0.2) is 0 Å². The lowest BCUT2D eigenvalue weighted by Crippen LogP contribution is -2.58. The smallest absolute Gasteiger partial charge is 0.326 e. The maximum Gasteiger partial charge on any atom is 0.326 e. The Kier molecular flexibility index (Phi) is 10.9. The highest BCUT2D eigenvalue weighted by atomic mass is 16.4. The van der Waals surface area contributed by atoms with Crippen LogP contribution in [0.2, 0.25) is 0 Å². The van der Waals surface area contributed by atoms with Crippen molar-refractivity contribution in [3.05, 3.63) is 0 Å². The summed E-state index contributed by atoms with van der Waals surface area (Å²) in [7, 11) is 0. The molecule has 7 N–H and O–H groups in total. The van der Waals surface area contributed by atoms with Gasteiger partial charge in [0.05, 0.1) is 6.04 Å². The molecule has 4 unspecified atom stereocenters. The molecule has 0 saturated heterocycles. The van der Waals surface area contributed by atoms with Crippen molar-refractivity contribution in [2.45, 2.75) is 71.6 Å². The van der Waals surface area contributed by atoms with Crippen LogP contribution in [0.1, 0.15) is 47.5 Å². The van der Waals surface area contributed by atoms with E-state index in [0.717, 1.165) is 0 Å². The standard InChI is InChI=1S/C18H32N4O7/c1-8(2)13(19)16(26)20-10(5)15(25)22-14(9(3)4)17(27)21-11(18(28)29)6-7-12(23)24/h8-11,13-14H,6-7,19H2,1-5H3,(H,20,26)(H,21,27)(H,22,25)(H,23,24)(H,28,29). The van der Waals surface area contributed by atoms with Crippen molar-refractivity contribution >= 4 is 29.7 Å². The summed E-state index contributed by atoms with van der Waals surface area (Å²) in [5.41, 5.74) is 5.73. The van der Waals surface area contributed by atoms with Gasteiger partial charge in [-0.2, -0.15) is 0 Å². The number of nitrogens with two attached hydrogens (primary N) is 1. The molecule has 0 radical (unpaired) electrons. The van der Waals surface area contributed by atoms with Crippen LogP contribution in [-0.2, 0) is 24.0 Å². The Balaban J connectivity index is 5.05. The molecular weight excluding hydrogens is 384 g/mol. The van der Waals surface area contributed by atoms with Gasteiger partial charge in [0.25, 0.3) is 0 Å². The lowest BCUT2D eigenvalue weighted by molar-refractivity contribution is -0.143. The lowest BCUT2D eigenvalue weighted by Gasteiger charge is -2.26. The summed E-state index contributed by atoms with van der Waals surface area (Å²) >= 11 is 0. The van der Waals surface area contributed by atoms with E-state index in [1.807, 2.05) is 0 Å². The molecular formula is C18H32N4O7. The molecule has 0 heterocycles. The maximum absolute atomic E-state index is 12.5. The first-order valence-corrected chi connectivity index (χ1v) is 9.39. The molecule has 0 bridgehead atoms. The number of aliphatic carboxylic acids is 2. The number of hydrogen-bond acceptors (Lipinski definition) is 6. The monoisotopic (exact) mass is 416 g/mol. The van der Waals surface area contributed by atoms with Gasteiger partial charge in [-0.25, -0.2) is 4.79 Å². The zero-order valence-electron chi connectivity index (χ0n) is 17.4. The number of rotatable bonds is 12. The van der Waals surface area contributed by atoms with Gasteiger partial charge in [0.1, 0.15) is 18.1 Å². The summed E-state index contributed by atoms with van der Waals surface area (Å²) in [5, 5.41) is 25.1. The van der Waals surface area contributed by atoms with Gasteiger partial charge in [-0.05, 0) is 25.2 Å². The van der Waals surface area contributed by atoms with Crippen molar-refractivity contribution in [2.24, 2.45) is 17.6 Å². The zero-order valence-corrected chi connectivity index (χ0v) is 17.4. The summed E-state index contributed by atoms with van der Waals surface area (Å²) in [5.74, 6) is -5.00. The second-order valence-electron chi connectivity index (χ2n) is 7.56. The van der Waals surface area contributed by atoms with Crippen LogP contribution in [0.3, 0.4) is 0 Å². The van der Waals surface area contributed by atoms with Crippen molar-refractivity contribution in [1.82, 2.24) is 16.0 Å². The van der Waals surface area contributed by atoms with Crippen LogP contribution in [0.5, 0.6) is 0 Å². The van der Waals surface area contributed by atoms with Gasteiger partial charge in [0.15, 0.2) is 0 Å². The summed E-state index contributed by atoms with van der Waals surface area (Å²) in [6.45, 7) is 8.25. The first-order valence-electron chi connectivity index (χ1n) is 9.39. The number of carbonyl (C=O) groups is 5. The third-order valence-electron chi connectivity index (χ3n) is 4.28. The third kappa shape index (κ3) is 9.37. The second kappa shape index (κ2) is 12.0. The Morgan fingerprint density at radius 1 is 0.793 bits per heavy atom. The molecule has 0 saturated carbocycles. The Bertz CT molecular complexity index is 621. The first-order chi connectivity index (χ1) is 13.3. The minimum absolute atomic E-state index is 0.127. The molecule has 0 rings (SSSR count). The number of amides is 3. The van der Waals surface area contributed by atoms with Gasteiger partial charge in [-0.15, -0.1) is 0 Å². The van der Waals surface area contributed by atoms with Gasteiger partial charge in [0.2, 0.25) is 17.7 Å². The minimum Gasteiger partial charge on any atom is -0.481 e. The fourth-order valence-corrected chi connectivity index (χ4v) is 2.28. The first kappa shape index (κ1) is 26.3. The van der Waals surface area contributed by atoms with Gasteiger partial charge in [0, 0.05) is 6.42 Å². The lowest BCUT2D eigenvalue weighted by atomic mass is 10.0. The number of nitrogens with one attached hydrogen (secondary N) is 3. The van der Waals surface area contributed by atoms with Crippen molar-refractivity contribution in [3.63, 3.8) is 0 Å². The number of carbonyl (C=O) groups excluding carboxylic acids is 3. The van der Waals surface area contributed by atoms with Crippen LogP contribution in [0.4, 0.5) is 0 Å². The fourth-order valence-electron chi connectivity index (χ4n) is 2.28. The quantitative estimate of drug-likeness (QED) is 0.235. The van der Waals surface area contributed by atoms with E-state index in [0.29, 0.717) is 0 Å². The molecule has 0 spiro atoms. The summed E-state index contributed by atoms with van der Waals surface area (Å²) < 4.78 is 0. The fraction of sp³-hybridized carbons (Fsp3) is 0.722. The average molecular weight is 416 g/mol. The third-order valence-corrected chi connectivity index (χ3v) is 4.28. The van der Waals surface area contributed by atoms with E-state index in [-0.39, 0.29) is 12.3 Å². The molecule has 0 aromatic heterocycles. The van der Waals surface area contributed by atoms with E-state index in [9.17, 15) is 24.0 Å². The highest BCUT2D eigenvalue weighted by Gasteiger charge is 2.31. The normalized spacial score (nSPS) is 15.2. The van der Waals surface area contributed by atoms with E-state index < -0.39 is 66.2 Å². The molecule has 11 heteroatoms. The Morgan fingerprint density at radius 3 is 1.76 bits per heavy atom. The molecule has 0 aromatic rings. The maximum atomic E-state index is 12.5. The number of carboxylic acid groups (broad SMARTS) is 2. The van der Waals surface area contributed by atoms with Gasteiger partial charge >= 0.3 is 11.9 Å². The van der Waals surface area contributed by atoms with Crippen LogP contribution in [0, 0.1) is 11.8 Å². The van der Waals surface area contributed by atoms with E-state index in [1.54, 1.807) is 27.7 Å². The van der Waals surface area contributed by atoms with E-state index in [2.05, 4.69) is 16.0 Å². The minimum atomic E-state index is -1.40. The van der Waals surface area contributed by atoms with E-state index in [4.69, 9.17) is 15.9 Å². The molecule has 0 aliphatic rings. The number of carboxylic acids is 2. The van der Waals surface area contributed by atoms with Crippen molar-refractivity contribution in [1.29, 1.82) is 0 Å². The molecule has 3 amide bonds. The van der Waals surface area contributed by atoms with Crippen LogP contribution >= 0.6 is 0 Å². The SMILES string of the molecule is CC(NC(=O)C(N)C(C)C)C(=O)NC(C(=O)NC(CCC(=O)O)C(=O)O)C(C)C. The molecule has 11 nitrogen and oxygen atoms in total. The van der Waals surface area contributed by atoms with Crippen LogP contribution < -0.4 is 21.7 Å². The predicted octanol–water partition coefficient (Wildman–Crippen LogP) is -0.951. The predicted molar refractivity (Wildman–Crippen MR) is 104 cm³/mol. The average Bonchev–Trinajstić information content (AvgIpc) is 2.60.